The molecule has 25 heavy (non-hydrogen) atoms. The summed E-state index contributed by atoms with van der Waals surface area (Å²) in [5.41, 5.74) is 2.59. The van der Waals surface area contributed by atoms with Gasteiger partial charge in [0.25, 0.3) is 5.91 Å². The lowest BCUT2D eigenvalue weighted by Crippen LogP contribution is -2.29. The maximum Gasteiger partial charge on any atom is 0.253 e. The fraction of sp³-hybridized carbons (Fsp3) is 0.300. The number of nitrogens with zero attached hydrogens (tertiary/aromatic N) is 1. The molecule has 4 nitrogen and oxygen atoms in total. The van der Waals surface area contributed by atoms with Gasteiger partial charge in [0.05, 0.1) is 0 Å². The molecule has 1 atom stereocenters. The minimum Gasteiger partial charge on any atom is -0.486 e. The first-order valence-electron chi connectivity index (χ1n) is 8.42. The number of ether oxygens (including phenoxy) is 1. The summed E-state index contributed by atoms with van der Waals surface area (Å²) in [6, 6.07) is 13.2. The van der Waals surface area contributed by atoms with Gasteiger partial charge in [-0.05, 0) is 42.3 Å². The average Bonchev–Trinajstić information content (AvgIpc) is 3.10. The number of ketones is 1. The minimum absolute atomic E-state index is 0.00495. The van der Waals surface area contributed by atoms with Crippen molar-refractivity contribution in [2.24, 2.45) is 0 Å². The van der Waals surface area contributed by atoms with Gasteiger partial charge in [-0.15, -0.1) is 0 Å². The summed E-state index contributed by atoms with van der Waals surface area (Å²) in [4.78, 5) is 26.3. The highest BCUT2D eigenvalue weighted by Gasteiger charge is 2.29. The summed E-state index contributed by atoms with van der Waals surface area (Å²) < 4.78 is 5.40. The van der Waals surface area contributed by atoms with Gasteiger partial charge in [0.2, 0.25) is 0 Å². The number of hydrogen-bond donors (Lipinski definition) is 0. The first-order chi connectivity index (χ1) is 12.1. The molecular weight excluding hydrogens is 338 g/mol. The molecule has 4 rings (SSSR count). The third-order valence-corrected chi connectivity index (χ3v) is 5.11. The molecular formula is C20H18ClNO3. The average molecular weight is 356 g/mol. The molecule has 0 aromatic heterocycles. The number of Topliss-reactive ketones (excluding diaryl/α,β-unsaturated/α-hetero) is 1. The Morgan fingerprint density at radius 1 is 1.20 bits per heavy atom. The minimum atomic E-state index is 0.00495. The van der Waals surface area contributed by atoms with Gasteiger partial charge in [-0.25, -0.2) is 0 Å². The quantitative estimate of drug-likeness (QED) is 0.828. The zero-order valence-corrected chi connectivity index (χ0v) is 14.5. The number of amides is 1. The van der Waals surface area contributed by atoms with Crippen molar-refractivity contribution in [2.45, 2.75) is 18.8 Å². The Morgan fingerprint density at radius 3 is 2.92 bits per heavy atom. The number of fused-ring (bicyclic) bond motifs is 1. The van der Waals surface area contributed by atoms with E-state index < -0.39 is 0 Å². The lowest BCUT2D eigenvalue weighted by Gasteiger charge is -2.20. The fourth-order valence-corrected chi connectivity index (χ4v) is 3.77. The number of carbonyl (C=O) groups is 2. The first-order valence-corrected chi connectivity index (χ1v) is 8.80. The zero-order valence-electron chi connectivity index (χ0n) is 13.7. The molecule has 1 unspecified atom stereocenters. The Labute approximate surface area is 151 Å². The van der Waals surface area contributed by atoms with Gasteiger partial charge in [-0.2, -0.15) is 0 Å². The van der Waals surface area contributed by atoms with Gasteiger partial charge in [0.15, 0.2) is 5.78 Å². The van der Waals surface area contributed by atoms with E-state index in [-0.39, 0.29) is 18.3 Å². The Hall–Kier alpha value is -2.33. The van der Waals surface area contributed by atoms with Crippen molar-refractivity contribution in [3.63, 3.8) is 0 Å². The van der Waals surface area contributed by atoms with Crippen LogP contribution >= 0.6 is 11.6 Å². The molecule has 0 saturated carbocycles. The molecule has 0 N–H and O–H groups in total. The summed E-state index contributed by atoms with van der Waals surface area (Å²) in [5.74, 6) is 1.06. The molecule has 2 heterocycles. The highest BCUT2D eigenvalue weighted by molar-refractivity contribution is 6.30. The smallest absolute Gasteiger partial charge is 0.253 e. The van der Waals surface area contributed by atoms with E-state index in [9.17, 15) is 9.59 Å². The van der Waals surface area contributed by atoms with Crippen LogP contribution in [0.5, 0.6) is 5.75 Å². The van der Waals surface area contributed by atoms with E-state index in [1.165, 1.54) is 5.56 Å². The highest BCUT2D eigenvalue weighted by atomic mass is 35.5. The van der Waals surface area contributed by atoms with Crippen molar-refractivity contribution >= 4 is 23.3 Å². The highest BCUT2D eigenvalue weighted by Crippen LogP contribution is 2.31. The van der Waals surface area contributed by atoms with E-state index in [2.05, 4.69) is 6.07 Å². The Kier molecular flexibility index (Phi) is 4.22. The Morgan fingerprint density at radius 2 is 2.08 bits per heavy atom. The van der Waals surface area contributed by atoms with Gasteiger partial charge in [0, 0.05) is 41.6 Å². The zero-order chi connectivity index (χ0) is 17.4. The molecule has 0 bridgehead atoms. The summed E-state index contributed by atoms with van der Waals surface area (Å²) in [6.45, 7) is 1.53. The number of carbonyl (C=O) groups excluding carboxylic acids is 2. The monoisotopic (exact) mass is 355 g/mol. The van der Waals surface area contributed by atoms with Crippen molar-refractivity contribution in [1.29, 1.82) is 0 Å². The molecule has 0 radical (unpaired) electrons. The SMILES string of the molecule is O=C1COc2ccc(C(=O)N3CCC(c4cccc(Cl)c4)C3)cc2C1. The fourth-order valence-electron chi connectivity index (χ4n) is 3.57. The predicted octanol–water partition coefficient (Wildman–Crippen LogP) is 3.47. The standard InChI is InChI=1S/C20H18ClNO3/c21-17-3-1-2-13(9-17)15-6-7-22(11-15)20(24)14-4-5-19-16(8-14)10-18(23)12-25-19/h1-5,8-9,15H,6-7,10-12H2. The van der Waals surface area contributed by atoms with Gasteiger partial charge in [-0.1, -0.05) is 23.7 Å². The molecule has 0 aliphatic carbocycles. The van der Waals surface area contributed by atoms with Crippen molar-refractivity contribution < 1.29 is 14.3 Å². The number of likely N-dealkylation sites (tertiary alicyclic amines) is 1. The van der Waals surface area contributed by atoms with Crippen LogP contribution in [0.25, 0.3) is 0 Å². The van der Waals surface area contributed by atoms with E-state index in [1.54, 1.807) is 18.2 Å². The summed E-state index contributed by atoms with van der Waals surface area (Å²) in [7, 11) is 0. The molecule has 2 aliphatic heterocycles. The van der Waals surface area contributed by atoms with Crippen LogP contribution in [0.1, 0.15) is 33.8 Å². The van der Waals surface area contributed by atoms with Gasteiger partial charge in [-0.3, -0.25) is 9.59 Å². The van der Waals surface area contributed by atoms with E-state index >= 15 is 0 Å². The van der Waals surface area contributed by atoms with Crippen LogP contribution in [0.2, 0.25) is 5.02 Å². The van der Waals surface area contributed by atoms with Crippen LogP contribution < -0.4 is 4.74 Å². The topological polar surface area (TPSA) is 46.6 Å². The van der Waals surface area contributed by atoms with Crippen LogP contribution in [-0.2, 0) is 11.2 Å². The van der Waals surface area contributed by atoms with Gasteiger partial charge in [0.1, 0.15) is 12.4 Å². The lowest BCUT2D eigenvalue weighted by molar-refractivity contribution is -0.121. The van der Waals surface area contributed by atoms with E-state index in [1.807, 2.05) is 23.1 Å². The van der Waals surface area contributed by atoms with E-state index in [0.29, 0.717) is 30.2 Å². The number of halogens is 1. The van der Waals surface area contributed by atoms with Crippen LogP contribution in [0.4, 0.5) is 0 Å². The molecule has 1 saturated heterocycles. The largest absolute Gasteiger partial charge is 0.486 e. The number of benzene rings is 2. The van der Waals surface area contributed by atoms with Crippen molar-refractivity contribution in [2.75, 3.05) is 19.7 Å². The molecule has 1 fully saturated rings. The summed E-state index contributed by atoms with van der Waals surface area (Å²) >= 11 is 6.08. The third-order valence-electron chi connectivity index (χ3n) is 4.88. The molecule has 2 aromatic rings. The first kappa shape index (κ1) is 16.2. The predicted molar refractivity (Wildman–Crippen MR) is 95.4 cm³/mol. The van der Waals surface area contributed by atoms with Crippen LogP contribution in [-0.4, -0.2) is 36.3 Å². The van der Waals surface area contributed by atoms with Crippen molar-refractivity contribution in [3.8, 4) is 5.75 Å². The molecule has 5 heteroatoms. The lowest BCUT2D eigenvalue weighted by atomic mass is 9.98. The van der Waals surface area contributed by atoms with Gasteiger partial charge < -0.3 is 9.64 Å². The van der Waals surface area contributed by atoms with E-state index in [4.69, 9.17) is 16.3 Å². The molecule has 128 valence electrons. The molecule has 2 aliphatic rings. The normalized spacial score (nSPS) is 19.5. The molecule has 0 spiro atoms. The van der Waals surface area contributed by atoms with Crippen LogP contribution in [0, 0.1) is 0 Å². The maximum atomic E-state index is 12.8. The second kappa shape index (κ2) is 6.52. The van der Waals surface area contributed by atoms with Crippen molar-refractivity contribution in [3.05, 3.63) is 64.2 Å². The van der Waals surface area contributed by atoms with Gasteiger partial charge >= 0.3 is 0 Å². The van der Waals surface area contributed by atoms with E-state index in [0.717, 1.165) is 23.6 Å². The maximum absolute atomic E-state index is 12.8. The summed E-state index contributed by atoms with van der Waals surface area (Å²) in [5, 5.41) is 0.724. The number of rotatable bonds is 2. The molecule has 1 amide bonds. The second-order valence-electron chi connectivity index (χ2n) is 6.62. The van der Waals surface area contributed by atoms with Crippen molar-refractivity contribution in [1.82, 2.24) is 4.90 Å². The van der Waals surface area contributed by atoms with Crippen LogP contribution in [0.15, 0.2) is 42.5 Å². The number of hydrogen-bond acceptors (Lipinski definition) is 3. The van der Waals surface area contributed by atoms with Crippen LogP contribution in [0.3, 0.4) is 0 Å². The summed E-state index contributed by atoms with van der Waals surface area (Å²) in [6.07, 6.45) is 1.26. The second-order valence-corrected chi connectivity index (χ2v) is 7.05. The Balaban J connectivity index is 1.50. The third kappa shape index (κ3) is 3.27. The Bertz CT molecular complexity index is 849. The molecule has 2 aromatic carbocycles.